The highest BCUT2D eigenvalue weighted by molar-refractivity contribution is 5.97. The van der Waals surface area contributed by atoms with Crippen LogP contribution in [0.15, 0.2) is 41.1 Å². The SMILES string of the molecule is CCn1cc(CN(CCOC)C(=O)c2ccc3oc(C)cc3c2)cn1. The molecule has 6 heteroatoms. The molecule has 0 unspecified atom stereocenters. The lowest BCUT2D eigenvalue weighted by Crippen LogP contribution is -2.33. The first kappa shape index (κ1) is 17.2. The van der Waals surface area contributed by atoms with Crippen LogP contribution in [0.5, 0.6) is 0 Å². The third-order valence-electron chi connectivity index (χ3n) is 4.12. The number of benzene rings is 1. The number of hydrogen-bond acceptors (Lipinski definition) is 4. The number of carbonyl (C=O) groups is 1. The smallest absolute Gasteiger partial charge is 0.254 e. The van der Waals surface area contributed by atoms with Crippen molar-refractivity contribution in [1.82, 2.24) is 14.7 Å². The Morgan fingerprint density at radius 3 is 2.92 bits per heavy atom. The largest absolute Gasteiger partial charge is 0.461 e. The van der Waals surface area contributed by atoms with E-state index in [1.807, 2.05) is 49.0 Å². The monoisotopic (exact) mass is 341 g/mol. The molecule has 0 saturated carbocycles. The molecular weight excluding hydrogens is 318 g/mol. The summed E-state index contributed by atoms with van der Waals surface area (Å²) in [5, 5.41) is 5.22. The Balaban J connectivity index is 1.83. The van der Waals surface area contributed by atoms with Crippen molar-refractivity contribution in [2.45, 2.75) is 26.9 Å². The second kappa shape index (κ2) is 7.53. The van der Waals surface area contributed by atoms with Crippen molar-refractivity contribution in [2.24, 2.45) is 0 Å². The maximum atomic E-state index is 13.0. The number of methoxy groups -OCH3 is 1. The molecule has 0 spiro atoms. The second-order valence-corrected chi connectivity index (χ2v) is 6.03. The number of nitrogens with zero attached hydrogens (tertiary/aromatic N) is 3. The number of ether oxygens (including phenoxy) is 1. The standard InChI is InChI=1S/C19H23N3O3/c1-4-22-13-15(11-20-22)12-21(7-8-24-3)19(23)16-5-6-18-17(10-16)9-14(2)25-18/h5-6,9-11,13H,4,7-8,12H2,1-3H3. The number of aromatic nitrogens is 2. The summed E-state index contributed by atoms with van der Waals surface area (Å²) in [6.07, 6.45) is 3.77. The van der Waals surface area contributed by atoms with Crippen LogP contribution in [0.25, 0.3) is 11.0 Å². The molecule has 6 nitrogen and oxygen atoms in total. The Morgan fingerprint density at radius 2 is 2.20 bits per heavy atom. The van der Waals surface area contributed by atoms with Gasteiger partial charge in [0.25, 0.3) is 5.91 Å². The number of furan rings is 1. The average molecular weight is 341 g/mol. The number of carbonyl (C=O) groups excluding carboxylic acids is 1. The van der Waals surface area contributed by atoms with Gasteiger partial charge in [-0.15, -0.1) is 0 Å². The number of hydrogen-bond donors (Lipinski definition) is 0. The number of fused-ring (bicyclic) bond motifs is 1. The molecule has 1 aromatic carbocycles. The highest BCUT2D eigenvalue weighted by atomic mass is 16.5. The molecule has 3 aromatic rings. The minimum atomic E-state index is -0.0259. The van der Waals surface area contributed by atoms with Crippen LogP contribution in [0.1, 0.15) is 28.6 Å². The van der Waals surface area contributed by atoms with E-state index >= 15 is 0 Å². The molecule has 132 valence electrons. The van der Waals surface area contributed by atoms with Crippen LogP contribution in [-0.2, 0) is 17.8 Å². The molecule has 2 heterocycles. The Kier molecular flexibility index (Phi) is 5.19. The molecular formula is C19H23N3O3. The molecule has 2 aromatic heterocycles. The van der Waals surface area contributed by atoms with Gasteiger partial charge in [-0.1, -0.05) is 0 Å². The summed E-state index contributed by atoms with van der Waals surface area (Å²) < 4.78 is 12.6. The zero-order chi connectivity index (χ0) is 17.8. The van der Waals surface area contributed by atoms with E-state index in [1.54, 1.807) is 18.2 Å². The molecule has 1 amide bonds. The Bertz CT molecular complexity index is 866. The van der Waals surface area contributed by atoms with Crippen molar-refractivity contribution in [3.63, 3.8) is 0 Å². The molecule has 3 rings (SSSR count). The number of aryl methyl sites for hydroxylation is 2. The molecule has 0 atom stereocenters. The number of amides is 1. The fourth-order valence-electron chi connectivity index (χ4n) is 2.83. The van der Waals surface area contributed by atoms with E-state index in [2.05, 4.69) is 5.10 Å². The summed E-state index contributed by atoms with van der Waals surface area (Å²) >= 11 is 0. The first-order valence-corrected chi connectivity index (χ1v) is 8.40. The molecule has 25 heavy (non-hydrogen) atoms. The molecule has 0 radical (unpaired) electrons. The van der Waals surface area contributed by atoms with E-state index in [4.69, 9.17) is 9.15 Å². The van der Waals surface area contributed by atoms with Gasteiger partial charge in [-0.3, -0.25) is 9.48 Å². The molecule has 0 bridgehead atoms. The van der Waals surface area contributed by atoms with E-state index in [9.17, 15) is 4.79 Å². The summed E-state index contributed by atoms with van der Waals surface area (Å²) in [4.78, 5) is 14.8. The highest BCUT2D eigenvalue weighted by Crippen LogP contribution is 2.21. The van der Waals surface area contributed by atoms with Gasteiger partial charge < -0.3 is 14.1 Å². The van der Waals surface area contributed by atoms with Crippen LogP contribution < -0.4 is 0 Å². The summed E-state index contributed by atoms with van der Waals surface area (Å²) in [5.41, 5.74) is 2.44. The van der Waals surface area contributed by atoms with Gasteiger partial charge in [0, 0.05) is 49.5 Å². The summed E-state index contributed by atoms with van der Waals surface area (Å²) in [6, 6.07) is 7.47. The Hall–Kier alpha value is -2.60. The van der Waals surface area contributed by atoms with Crippen molar-refractivity contribution >= 4 is 16.9 Å². The van der Waals surface area contributed by atoms with Gasteiger partial charge >= 0.3 is 0 Å². The Morgan fingerprint density at radius 1 is 1.36 bits per heavy atom. The third-order valence-corrected chi connectivity index (χ3v) is 4.12. The second-order valence-electron chi connectivity index (χ2n) is 6.03. The fourth-order valence-corrected chi connectivity index (χ4v) is 2.83. The van der Waals surface area contributed by atoms with Gasteiger partial charge in [-0.2, -0.15) is 5.10 Å². The van der Waals surface area contributed by atoms with E-state index in [0.29, 0.717) is 25.3 Å². The van der Waals surface area contributed by atoms with Crippen molar-refractivity contribution in [3.8, 4) is 0 Å². The molecule has 0 saturated heterocycles. The van der Waals surface area contributed by atoms with Crippen LogP contribution in [0, 0.1) is 6.92 Å². The lowest BCUT2D eigenvalue weighted by atomic mass is 10.1. The first-order valence-electron chi connectivity index (χ1n) is 8.40. The first-order chi connectivity index (χ1) is 12.1. The van der Waals surface area contributed by atoms with Crippen LogP contribution >= 0.6 is 0 Å². The van der Waals surface area contributed by atoms with Crippen molar-refractivity contribution < 1.29 is 13.9 Å². The normalized spacial score (nSPS) is 11.2. The molecule has 0 aliphatic heterocycles. The average Bonchev–Trinajstić information content (AvgIpc) is 3.22. The summed E-state index contributed by atoms with van der Waals surface area (Å²) in [5.74, 6) is 0.810. The van der Waals surface area contributed by atoms with E-state index < -0.39 is 0 Å². The fraction of sp³-hybridized carbons (Fsp3) is 0.368. The van der Waals surface area contributed by atoms with E-state index in [0.717, 1.165) is 28.8 Å². The van der Waals surface area contributed by atoms with Crippen LogP contribution in [-0.4, -0.2) is 40.8 Å². The van der Waals surface area contributed by atoms with Crippen LogP contribution in [0.3, 0.4) is 0 Å². The van der Waals surface area contributed by atoms with E-state index in [1.165, 1.54) is 0 Å². The predicted octanol–water partition coefficient (Wildman–Crippen LogP) is 3.25. The van der Waals surface area contributed by atoms with Crippen LogP contribution in [0.4, 0.5) is 0 Å². The van der Waals surface area contributed by atoms with Gasteiger partial charge in [-0.25, -0.2) is 0 Å². The van der Waals surface area contributed by atoms with E-state index in [-0.39, 0.29) is 5.91 Å². The zero-order valence-electron chi connectivity index (χ0n) is 14.9. The molecule has 0 aliphatic carbocycles. The maximum Gasteiger partial charge on any atom is 0.254 e. The Labute approximate surface area is 147 Å². The van der Waals surface area contributed by atoms with Gasteiger partial charge in [0.05, 0.1) is 12.8 Å². The lowest BCUT2D eigenvalue weighted by Gasteiger charge is -2.22. The highest BCUT2D eigenvalue weighted by Gasteiger charge is 2.18. The number of rotatable bonds is 7. The summed E-state index contributed by atoms with van der Waals surface area (Å²) in [7, 11) is 1.64. The third kappa shape index (κ3) is 3.91. The van der Waals surface area contributed by atoms with Crippen molar-refractivity contribution in [3.05, 3.63) is 53.5 Å². The minimum Gasteiger partial charge on any atom is -0.461 e. The zero-order valence-corrected chi connectivity index (χ0v) is 14.9. The molecule has 0 aliphatic rings. The quantitative estimate of drug-likeness (QED) is 0.662. The van der Waals surface area contributed by atoms with Crippen molar-refractivity contribution in [2.75, 3.05) is 20.3 Å². The lowest BCUT2D eigenvalue weighted by molar-refractivity contribution is 0.0680. The van der Waals surface area contributed by atoms with Crippen LogP contribution in [0.2, 0.25) is 0 Å². The topological polar surface area (TPSA) is 60.5 Å². The van der Waals surface area contributed by atoms with Gasteiger partial charge in [0.2, 0.25) is 0 Å². The van der Waals surface area contributed by atoms with Crippen molar-refractivity contribution in [1.29, 1.82) is 0 Å². The molecule has 0 fully saturated rings. The van der Waals surface area contributed by atoms with Gasteiger partial charge in [0.1, 0.15) is 11.3 Å². The maximum absolute atomic E-state index is 13.0. The van der Waals surface area contributed by atoms with Gasteiger partial charge in [-0.05, 0) is 38.1 Å². The minimum absolute atomic E-state index is 0.0259. The predicted molar refractivity (Wildman–Crippen MR) is 95.5 cm³/mol. The van der Waals surface area contributed by atoms with Gasteiger partial charge in [0.15, 0.2) is 0 Å². The molecule has 0 N–H and O–H groups in total. The summed E-state index contributed by atoms with van der Waals surface area (Å²) in [6.45, 7) is 6.26.